The van der Waals surface area contributed by atoms with E-state index in [1.165, 1.54) is 20.1 Å². The molecule has 2 aromatic rings. The second-order valence-electron chi connectivity index (χ2n) is 4.81. The van der Waals surface area contributed by atoms with Gasteiger partial charge in [-0.05, 0) is 24.1 Å². The molecule has 0 saturated heterocycles. The number of amides is 1. The van der Waals surface area contributed by atoms with E-state index in [1.54, 1.807) is 18.2 Å². The van der Waals surface area contributed by atoms with Gasteiger partial charge in [0.1, 0.15) is 11.5 Å². The Morgan fingerprint density at radius 3 is 2.77 bits per heavy atom. The monoisotopic (exact) mass is 321 g/mol. The van der Waals surface area contributed by atoms with Crippen LogP contribution in [0, 0.1) is 0 Å². The van der Waals surface area contributed by atoms with Gasteiger partial charge in [-0.1, -0.05) is 23.7 Å². The lowest BCUT2D eigenvalue weighted by Crippen LogP contribution is -2.28. The van der Waals surface area contributed by atoms with Crippen molar-refractivity contribution in [2.45, 2.75) is 19.4 Å². The normalized spacial score (nSPS) is 11.8. The minimum absolute atomic E-state index is 0.225. The average molecular weight is 322 g/mol. The van der Waals surface area contributed by atoms with Gasteiger partial charge in [-0.25, -0.2) is 4.79 Å². The Hall–Kier alpha value is -2.27. The van der Waals surface area contributed by atoms with E-state index < -0.39 is 11.7 Å². The van der Waals surface area contributed by atoms with Crippen molar-refractivity contribution in [3.63, 3.8) is 0 Å². The van der Waals surface area contributed by atoms with Crippen LogP contribution < -0.4 is 15.7 Å². The first-order valence-electron chi connectivity index (χ1n) is 6.68. The molecule has 0 aliphatic heterocycles. The van der Waals surface area contributed by atoms with Crippen molar-refractivity contribution in [1.82, 2.24) is 5.32 Å². The molecule has 22 heavy (non-hydrogen) atoms. The molecule has 1 aromatic heterocycles. The summed E-state index contributed by atoms with van der Waals surface area (Å²) in [6.07, 6.45) is 0.441. The summed E-state index contributed by atoms with van der Waals surface area (Å²) in [7, 11) is 1.46. The smallest absolute Gasteiger partial charge is 0.339 e. The summed E-state index contributed by atoms with van der Waals surface area (Å²) in [5.74, 6) is 0.490. The van der Waals surface area contributed by atoms with Gasteiger partial charge in [-0.3, -0.25) is 4.79 Å². The van der Waals surface area contributed by atoms with Crippen molar-refractivity contribution >= 4 is 17.5 Å². The van der Waals surface area contributed by atoms with Crippen molar-refractivity contribution in [2.24, 2.45) is 0 Å². The van der Waals surface area contributed by atoms with Gasteiger partial charge in [0.15, 0.2) is 0 Å². The van der Waals surface area contributed by atoms with E-state index in [4.69, 9.17) is 20.8 Å². The van der Waals surface area contributed by atoms with Gasteiger partial charge in [0, 0.05) is 18.0 Å². The highest BCUT2D eigenvalue weighted by Crippen LogP contribution is 2.22. The number of hydrogen-bond donors (Lipinski definition) is 1. The fraction of sp³-hybridized carbons (Fsp3) is 0.250. The molecule has 0 bridgehead atoms. The van der Waals surface area contributed by atoms with Crippen LogP contribution in [-0.2, 0) is 11.2 Å². The first-order chi connectivity index (χ1) is 10.5. The quantitative estimate of drug-likeness (QED) is 0.919. The zero-order valence-corrected chi connectivity index (χ0v) is 13.0. The number of benzene rings is 1. The summed E-state index contributed by atoms with van der Waals surface area (Å²) in [6.45, 7) is 1.41. The molecule has 116 valence electrons. The summed E-state index contributed by atoms with van der Waals surface area (Å²) in [5.41, 5.74) is 0.382. The van der Waals surface area contributed by atoms with E-state index in [0.717, 1.165) is 5.56 Å². The van der Waals surface area contributed by atoms with E-state index in [2.05, 4.69) is 5.32 Å². The zero-order valence-electron chi connectivity index (χ0n) is 12.3. The Morgan fingerprint density at radius 2 is 2.14 bits per heavy atom. The topological polar surface area (TPSA) is 68.5 Å². The van der Waals surface area contributed by atoms with Gasteiger partial charge in [0.05, 0.1) is 19.2 Å². The highest BCUT2D eigenvalue weighted by Gasteiger charge is 2.18. The maximum atomic E-state index is 11.6. The molecule has 0 radical (unpaired) electrons. The van der Waals surface area contributed by atoms with Gasteiger partial charge < -0.3 is 14.5 Å². The van der Waals surface area contributed by atoms with Gasteiger partial charge in [-0.15, -0.1) is 0 Å². The molecule has 1 aromatic carbocycles. The molecule has 5 nitrogen and oxygen atoms in total. The second-order valence-corrected chi connectivity index (χ2v) is 5.24. The molecule has 6 heteroatoms. The summed E-state index contributed by atoms with van der Waals surface area (Å²) in [5, 5.41) is 3.38. The van der Waals surface area contributed by atoms with Crippen molar-refractivity contribution < 1.29 is 13.9 Å². The lowest BCUT2D eigenvalue weighted by atomic mass is 10.0. The van der Waals surface area contributed by atoms with E-state index in [-0.39, 0.29) is 5.91 Å². The number of carbonyl (C=O) groups is 1. The molecule has 2 rings (SSSR count). The lowest BCUT2D eigenvalue weighted by molar-refractivity contribution is -0.119. The summed E-state index contributed by atoms with van der Waals surface area (Å²) < 4.78 is 10.3. The van der Waals surface area contributed by atoms with Crippen LogP contribution >= 0.6 is 11.6 Å². The molecular weight excluding hydrogens is 306 g/mol. The minimum atomic E-state index is -0.532. The van der Waals surface area contributed by atoms with Gasteiger partial charge >= 0.3 is 5.63 Å². The Bertz CT molecular complexity index is 726. The average Bonchev–Trinajstić information content (AvgIpc) is 2.45. The molecule has 0 saturated carbocycles. The summed E-state index contributed by atoms with van der Waals surface area (Å²) in [6, 6.07) is 9.63. The number of ether oxygens (including phenoxy) is 1. The van der Waals surface area contributed by atoms with E-state index in [9.17, 15) is 9.59 Å². The second kappa shape index (κ2) is 7.13. The van der Waals surface area contributed by atoms with E-state index in [0.29, 0.717) is 23.0 Å². The van der Waals surface area contributed by atoms with Crippen LogP contribution in [0.3, 0.4) is 0 Å². The van der Waals surface area contributed by atoms with Crippen LogP contribution in [0.4, 0.5) is 0 Å². The number of halogens is 1. The van der Waals surface area contributed by atoms with Crippen molar-refractivity contribution in [3.05, 3.63) is 63.2 Å². The summed E-state index contributed by atoms with van der Waals surface area (Å²) in [4.78, 5) is 23.0. The molecule has 0 fully saturated rings. The largest absolute Gasteiger partial charge is 0.496 e. The molecule has 1 amide bonds. The predicted molar refractivity (Wildman–Crippen MR) is 83.2 cm³/mol. The van der Waals surface area contributed by atoms with Gasteiger partial charge in [0.2, 0.25) is 5.91 Å². The number of carbonyl (C=O) groups excluding carboxylic acids is 1. The fourth-order valence-electron chi connectivity index (χ4n) is 2.13. The lowest BCUT2D eigenvalue weighted by Gasteiger charge is -2.17. The number of nitrogens with one attached hydrogen (secondary N) is 1. The van der Waals surface area contributed by atoms with Crippen molar-refractivity contribution in [3.8, 4) is 5.75 Å². The van der Waals surface area contributed by atoms with Crippen LogP contribution in [0.1, 0.15) is 24.3 Å². The SMILES string of the molecule is COc1cc([C@H](Cc2cccc(Cl)c2)NC(C)=O)oc(=O)c1. The van der Waals surface area contributed by atoms with Crippen LogP contribution in [0.5, 0.6) is 5.75 Å². The molecule has 0 unspecified atom stereocenters. The standard InChI is InChI=1S/C16H16ClNO4/c1-10(19)18-14(7-11-4-3-5-12(17)6-11)15-8-13(21-2)9-16(20)22-15/h3-6,8-9,14H,7H2,1-2H3,(H,18,19)/t14-/m0/s1. The summed E-state index contributed by atoms with van der Waals surface area (Å²) >= 11 is 5.97. The van der Waals surface area contributed by atoms with Gasteiger partial charge in [-0.2, -0.15) is 0 Å². The first-order valence-corrected chi connectivity index (χ1v) is 7.06. The van der Waals surface area contributed by atoms with Crippen LogP contribution in [-0.4, -0.2) is 13.0 Å². The third-order valence-corrected chi connectivity index (χ3v) is 3.28. The van der Waals surface area contributed by atoms with Crippen LogP contribution in [0.2, 0.25) is 5.02 Å². The maximum Gasteiger partial charge on any atom is 0.339 e. The molecule has 0 spiro atoms. The number of hydrogen-bond acceptors (Lipinski definition) is 4. The zero-order chi connectivity index (χ0) is 16.1. The highest BCUT2D eigenvalue weighted by atomic mass is 35.5. The third-order valence-electron chi connectivity index (χ3n) is 3.05. The Morgan fingerprint density at radius 1 is 1.36 bits per heavy atom. The molecule has 1 atom stereocenters. The first kappa shape index (κ1) is 16.1. The Labute approximate surface area is 132 Å². The third kappa shape index (κ3) is 4.36. The van der Waals surface area contributed by atoms with Crippen LogP contribution in [0.15, 0.2) is 45.6 Å². The predicted octanol–water partition coefficient (Wildman–Crippen LogP) is 2.72. The maximum absolute atomic E-state index is 11.6. The number of methoxy groups -OCH3 is 1. The Balaban J connectivity index is 2.35. The van der Waals surface area contributed by atoms with Crippen LogP contribution in [0.25, 0.3) is 0 Å². The molecule has 0 aliphatic rings. The van der Waals surface area contributed by atoms with Crippen molar-refractivity contribution in [2.75, 3.05) is 7.11 Å². The van der Waals surface area contributed by atoms with Gasteiger partial charge in [0.25, 0.3) is 0 Å². The highest BCUT2D eigenvalue weighted by molar-refractivity contribution is 6.30. The van der Waals surface area contributed by atoms with Crippen molar-refractivity contribution in [1.29, 1.82) is 0 Å². The molecular formula is C16H16ClNO4. The minimum Gasteiger partial charge on any atom is -0.496 e. The fourth-order valence-corrected chi connectivity index (χ4v) is 2.34. The van der Waals surface area contributed by atoms with E-state index >= 15 is 0 Å². The number of rotatable bonds is 5. The molecule has 0 aliphatic carbocycles. The van der Waals surface area contributed by atoms with E-state index in [1.807, 2.05) is 12.1 Å². The Kier molecular flexibility index (Phi) is 5.22. The molecule has 1 heterocycles. The molecule has 1 N–H and O–H groups in total.